The number of nitrogens with one attached hydrogen (secondary N) is 1. The summed E-state index contributed by atoms with van der Waals surface area (Å²) >= 11 is 0. The molecule has 2 heterocycles. The number of ether oxygens (including phenoxy) is 1. The van der Waals surface area contributed by atoms with Gasteiger partial charge >= 0.3 is 6.09 Å². The van der Waals surface area contributed by atoms with E-state index in [1.165, 1.54) is 0 Å². The number of carbonyl (C=O) groups is 2. The number of rotatable bonds is 8. The van der Waals surface area contributed by atoms with Crippen molar-refractivity contribution in [2.75, 3.05) is 13.1 Å². The number of piperazine rings is 1. The summed E-state index contributed by atoms with van der Waals surface area (Å²) in [4.78, 5) is 48.9. The van der Waals surface area contributed by atoms with Crippen molar-refractivity contribution < 1.29 is 14.3 Å². The predicted molar refractivity (Wildman–Crippen MR) is 166 cm³/mol. The van der Waals surface area contributed by atoms with Gasteiger partial charge in [0, 0.05) is 43.8 Å². The molecule has 42 heavy (non-hydrogen) atoms. The van der Waals surface area contributed by atoms with Crippen LogP contribution in [0.15, 0.2) is 53.3 Å². The Morgan fingerprint density at radius 3 is 2.31 bits per heavy atom. The molecular weight excluding hydrogens is 530 g/mol. The molecule has 2 aromatic carbocycles. The Kier molecular flexibility index (Phi) is 9.71. The van der Waals surface area contributed by atoms with Gasteiger partial charge in [-0.05, 0) is 71.7 Å². The lowest BCUT2D eigenvalue weighted by Crippen LogP contribution is -2.60. The van der Waals surface area contributed by atoms with Crippen LogP contribution in [0.25, 0.3) is 10.9 Å². The van der Waals surface area contributed by atoms with E-state index in [4.69, 9.17) is 9.72 Å². The highest BCUT2D eigenvalue weighted by Crippen LogP contribution is 2.30. The van der Waals surface area contributed by atoms with Crippen LogP contribution in [0.3, 0.4) is 0 Å². The summed E-state index contributed by atoms with van der Waals surface area (Å²) < 4.78 is 7.45. The van der Waals surface area contributed by atoms with E-state index in [0.717, 1.165) is 18.4 Å². The van der Waals surface area contributed by atoms with Crippen LogP contribution in [0.5, 0.6) is 0 Å². The summed E-state index contributed by atoms with van der Waals surface area (Å²) in [5.74, 6) is 0.485. The Bertz CT molecular complexity index is 1450. The van der Waals surface area contributed by atoms with E-state index in [2.05, 4.69) is 17.1 Å². The highest BCUT2D eigenvalue weighted by atomic mass is 16.6. The molecule has 1 fully saturated rings. The monoisotopic (exact) mass is 575 g/mol. The fourth-order valence-electron chi connectivity index (χ4n) is 5.86. The number of nitrogens with zero attached hydrogens (tertiary/aromatic N) is 4. The van der Waals surface area contributed by atoms with Crippen LogP contribution in [0.4, 0.5) is 4.79 Å². The van der Waals surface area contributed by atoms with Crippen LogP contribution < -0.4 is 10.9 Å². The molecule has 0 aliphatic carbocycles. The summed E-state index contributed by atoms with van der Waals surface area (Å²) in [6.07, 6.45) is 1.40. The van der Waals surface area contributed by atoms with Crippen molar-refractivity contribution in [3.8, 4) is 0 Å². The van der Waals surface area contributed by atoms with Crippen LogP contribution in [-0.2, 0) is 17.8 Å². The van der Waals surface area contributed by atoms with Gasteiger partial charge in [-0.25, -0.2) is 9.78 Å². The largest absolute Gasteiger partial charge is 0.444 e. The summed E-state index contributed by atoms with van der Waals surface area (Å²) in [7, 11) is 0. The van der Waals surface area contributed by atoms with Crippen molar-refractivity contribution in [3.05, 3.63) is 75.8 Å². The SMILES string of the molecule is CCCC(c1nc2cc(C(=O)NCc3ccccc3)ccc2c(=O)n1CC)N1C[C@@H](C)N(C(=O)OC(C)(C)C)[C@@H](C)C1. The van der Waals surface area contributed by atoms with Crippen molar-refractivity contribution in [3.63, 3.8) is 0 Å². The number of fused-ring (bicyclic) bond motifs is 1. The fraction of sp³-hybridized carbons (Fsp3) is 0.515. The zero-order chi connectivity index (χ0) is 30.6. The van der Waals surface area contributed by atoms with Crippen molar-refractivity contribution in [2.45, 2.75) is 98.1 Å². The molecule has 1 aromatic heterocycles. The predicted octanol–water partition coefficient (Wildman–Crippen LogP) is 5.52. The highest BCUT2D eigenvalue weighted by Gasteiger charge is 2.39. The Balaban J connectivity index is 1.65. The quantitative estimate of drug-likeness (QED) is 0.380. The number of hydrogen-bond acceptors (Lipinski definition) is 6. The molecule has 0 radical (unpaired) electrons. The first kappa shape index (κ1) is 31.2. The van der Waals surface area contributed by atoms with Crippen LogP contribution in [-0.4, -0.2) is 62.1 Å². The van der Waals surface area contributed by atoms with Gasteiger partial charge in [0.1, 0.15) is 11.4 Å². The zero-order valence-electron chi connectivity index (χ0n) is 26.0. The van der Waals surface area contributed by atoms with Crippen molar-refractivity contribution in [2.24, 2.45) is 0 Å². The first-order valence-electron chi connectivity index (χ1n) is 15.1. The summed E-state index contributed by atoms with van der Waals surface area (Å²) in [5, 5.41) is 3.46. The van der Waals surface area contributed by atoms with Gasteiger partial charge < -0.3 is 15.0 Å². The molecule has 1 N–H and O–H groups in total. The second-order valence-corrected chi connectivity index (χ2v) is 12.3. The van der Waals surface area contributed by atoms with Gasteiger partial charge in [-0.15, -0.1) is 0 Å². The molecular formula is C33H45N5O4. The third-order valence-electron chi connectivity index (χ3n) is 7.71. The van der Waals surface area contributed by atoms with Gasteiger partial charge in [0.25, 0.3) is 11.5 Å². The third-order valence-corrected chi connectivity index (χ3v) is 7.71. The first-order valence-corrected chi connectivity index (χ1v) is 15.1. The van der Waals surface area contributed by atoms with Crippen LogP contribution in [0.1, 0.15) is 89.1 Å². The number of hydrogen-bond donors (Lipinski definition) is 1. The van der Waals surface area contributed by atoms with E-state index in [0.29, 0.717) is 48.5 Å². The summed E-state index contributed by atoms with van der Waals surface area (Å²) in [6, 6.07) is 14.6. The lowest BCUT2D eigenvalue weighted by atomic mass is 10.0. The minimum atomic E-state index is -0.568. The maximum Gasteiger partial charge on any atom is 0.410 e. The summed E-state index contributed by atoms with van der Waals surface area (Å²) in [5.41, 5.74) is 1.31. The molecule has 1 saturated heterocycles. The van der Waals surface area contributed by atoms with Gasteiger partial charge in [0.05, 0.1) is 16.9 Å². The number of aromatic nitrogens is 2. The van der Waals surface area contributed by atoms with Crippen molar-refractivity contribution in [1.29, 1.82) is 0 Å². The lowest BCUT2D eigenvalue weighted by molar-refractivity contribution is -0.0247. The van der Waals surface area contributed by atoms with E-state index < -0.39 is 5.60 Å². The Labute approximate surface area is 248 Å². The zero-order valence-corrected chi connectivity index (χ0v) is 26.0. The Morgan fingerprint density at radius 1 is 1.05 bits per heavy atom. The average Bonchev–Trinajstić information content (AvgIpc) is 2.93. The molecule has 1 aliphatic rings. The van der Waals surface area contributed by atoms with Crippen molar-refractivity contribution >= 4 is 22.9 Å². The second-order valence-electron chi connectivity index (χ2n) is 12.3. The highest BCUT2D eigenvalue weighted by molar-refractivity contribution is 5.97. The van der Waals surface area contributed by atoms with Crippen LogP contribution in [0.2, 0.25) is 0 Å². The van der Waals surface area contributed by atoms with Gasteiger partial charge in [0.15, 0.2) is 0 Å². The molecule has 3 atom stereocenters. The van der Waals surface area contributed by atoms with E-state index >= 15 is 0 Å². The molecule has 3 aromatic rings. The van der Waals surface area contributed by atoms with Crippen LogP contribution >= 0.6 is 0 Å². The minimum absolute atomic E-state index is 0.0786. The normalized spacial score (nSPS) is 18.6. The molecule has 9 heteroatoms. The average molecular weight is 576 g/mol. The smallest absolute Gasteiger partial charge is 0.410 e. The van der Waals surface area contributed by atoms with E-state index in [9.17, 15) is 14.4 Å². The standard InChI is InChI=1S/C33H45N5O4/c1-8-13-28(36-20-22(3)38(23(4)21-36)32(41)42-33(5,6)7)29-35-27-18-25(16-17-26(27)31(40)37(29)9-2)30(39)34-19-24-14-11-10-12-15-24/h10-12,14-18,22-23,28H,8-9,13,19-21H2,1-7H3,(H,34,39)/t22-,23+,28?. The molecule has 1 unspecified atom stereocenters. The summed E-state index contributed by atoms with van der Waals surface area (Å²) in [6.45, 7) is 16.0. The number of carbonyl (C=O) groups excluding carboxylic acids is 2. The van der Waals surface area contributed by atoms with Gasteiger partial charge in [0.2, 0.25) is 0 Å². The minimum Gasteiger partial charge on any atom is -0.444 e. The second kappa shape index (κ2) is 13.1. The maximum absolute atomic E-state index is 13.7. The maximum atomic E-state index is 13.7. The molecule has 0 spiro atoms. The van der Waals surface area contributed by atoms with E-state index in [-0.39, 0.29) is 35.7 Å². The Morgan fingerprint density at radius 2 is 1.71 bits per heavy atom. The van der Waals surface area contributed by atoms with E-state index in [1.54, 1.807) is 22.8 Å². The number of amides is 2. The van der Waals surface area contributed by atoms with Gasteiger partial charge in [-0.2, -0.15) is 0 Å². The topological polar surface area (TPSA) is 96.8 Å². The first-order chi connectivity index (χ1) is 19.9. The molecule has 0 saturated carbocycles. The van der Waals surface area contributed by atoms with Crippen LogP contribution in [0, 0.1) is 0 Å². The fourth-order valence-corrected chi connectivity index (χ4v) is 5.86. The molecule has 9 nitrogen and oxygen atoms in total. The molecule has 0 bridgehead atoms. The third kappa shape index (κ3) is 7.01. The Hall–Kier alpha value is -3.72. The van der Waals surface area contributed by atoms with Gasteiger partial charge in [-0.3, -0.25) is 19.1 Å². The van der Waals surface area contributed by atoms with E-state index in [1.807, 2.05) is 76.8 Å². The lowest BCUT2D eigenvalue weighted by Gasteiger charge is -2.47. The van der Waals surface area contributed by atoms with Crippen molar-refractivity contribution in [1.82, 2.24) is 24.7 Å². The van der Waals surface area contributed by atoms with Gasteiger partial charge in [-0.1, -0.05) is 43.7 Å². The number of benzene rings is 2. The molecule has 2 amide bonds. The molecule has 4 rings (SSSR count). The molecule has 226 valence electrons. The molecule has 1 aliphatic heterocycles.